The number of nitrogens with two attached hydrogens (primary N) is 1. The second kappa shape index (κ2) is 9.59. The van der Waals surface area contributed by atoms with Gasteiger partial charge in [0.05, 0.1) is 36.4 Å². The molecule has 1 aliphatic rings. The lowest BCUT2D eigenvalue weighted by atomic mass is 10.1. The Balaban J connectivity index is 1.67. The first-order valence-corrected chi connectivity index (χ1v) is 9.18. The van der Waals surface area contributed by atoms with Crippen LogP contribution >= 0.6 is 0 Å². The monoisotopic (exact) mass is 412 g/mol. The van der Waals surface area contributed by atoms with Gasteiger partial charge in [0.2, 0.25) is 5.91 Å². The Morgan fingerprint density at radius 3 is 2.83 bits per heavy atom. The largest absolute Gasteiger partial charge is 0.442 e. The number of amides is 2. The number of ether oxygens (including phenoxy) is 1. The Morgan fingerprint density at radius 2 is 2.17 bits per heavy atom. The molecule has 3 N–H and O–H groups in total. The summed E-state index contributed by atoms with van der Waals surface area (Å²) in [7, 11) is 0. The third-order valence-corrected chi connectivity index (χ3v) is 4.35. The minimum atomic E-state index is -0.609. The fourth-order valence-corrected chi connectivity index (χ4v) is 2.84. The lowest BCUT2D eigenvalue weighted by molar-refractivity contribution is -0.119. The highest BCUT2D eigenvalue weighted by Crippen LogP contribution is 2.27. The minimum Gasteiger partial charge on any atom is -0.442 e. The van der Waals surface area contributed by atoms with Crippen LogP contribution in [0.5, 0.6) is 0 Å². The highest BCUT2D eigenvalue weighted by molar-refractivity contribution is 6.31. The number of hydrogen-bond donors (Lipinski definition) is 2. The zero-order valence-corrected chi connectivity index (χ0v) is 16.3. The standard InChI is InChI=1S/C20H21FN6O3/c1-13(28)24-11-17-12-27(20(29)30-17)16-2-3-19(18(21)9-16)25-10-15(26-22)8-14-4-6-23-7-5-14/h2-7,9-10,17H,8,11-12,22H2,1H3,(H,24,28)/b25-10?,26-15-/t17-/m0/s1. The first kappa shape index (κ1) is 20.9. The van der Waals surface area contributed by atoms with Crippen LogP contribution in [-0.2, 0) is 16.0 Å². The van der Waals surface area contributed by atoms with E-state index in [-0.39, 0.29) is 24.7 Å². The van der Waals surface area contributed by atoms with Crippen molar-refractivity contribution in [2.45, 2.75) is 19.4 Å². The fraction of sp³-hybridized carbons (Fsp3) is 0.250. The molecule has 2 aromatic rings. The topological polar surface area (TPSA) is 122 Å². The highest BCUT2D eigenvalue weighted by atomic mass is 19.1. The number of cyclic esters (lactones) is 1. The van der Waals surface area contributed by atoms with Crippen molar-refractivity contribution in [3.63, 3.8) is 0 Å². The normalized spacial score (nSPS) is 16.7. The van der Waals surface area contributed by atoms with Gasteiger partial charge in [-0.1, -0.05) is 0 Å². The van der Waals surface area contributed by atoms with Gasteiger partial charge < -0.3 is 15.9 Å². The number of nitrogens with zero attached hydrogens (tertiary/aromatic N) is 4. The summed E-state index contributed by atoms with van der Waals surface area (Å²) in [5.41, 5.74) is 1.83. The van der Waals surface area contributed by atoms with Crippen LogP contribution in [0.1, 0.15) is 12.5 Å². The maximum Gasteiger partial charge on any atom is 0.414 e. The number of hydrogen-bond acceptors (Lipinski definition) is 7. The third-order valence-electron chi connectivity index (χ3n) is 4.35. The molecule has 0 bridgehead atoms. The van der Waals surface area contributed by atoms with Gasteiger partial charge in [-0.25, -0.2) is 9.18 Å². The van der Waals surface area contributed by atoms with Gasteiger partial charge in [0.25, 0.3) is 0 Å². The summed E-state index contributed by atoms with van der Waals surface area (Å²) in [5.74, 6) is 4.57. The number of hydrazone groups is 1. The zero-order valence-electron chi connectivity index (χ0n) is 16.3. The molecule has 0 saturated carbocycles. The van der Waals surface area contributed by atoms with Gasteiger partial charge >= 0.3 is 6.09 Å². The molecule has 30 heavy (non-hydrogen) atoms. The molecule has 0 aliphatic carbocycles. The maximum atomic E-state index is 14.5. The van der Waals surface area contributed by atoms with E-state index >= 15 is 0 Å². The van der Waals surface area contributed by atoms with Crippen molar-refractivity contribution in [2.24, 2.45) is 15.9 Å². The number of rotatable bonds is 7. The first-order valence-electron chi connectivity index (χ1n) is 9.18. The summed E-state index contributed by atoms with van der Waals surface area (Å²) in [6, 6.07) is 7.87. The van der Waals surface area contributed by atoms with Crippen molar-refractivity contribution < 1.29 is 18.7 Å². The first-order chi connectivity index (χ1) is 14.5. The quantitative estimate of drug-likeness (QED) is 0.409. The van der Waals surface area contributed by atoms with E-state index in [0.29, 0.717) is 17.8 Å². The summed E-state index contributed by atoms with van der Waals surface area (Å²) in [5, 5.41) is 6.27. The van der Waals surface area contributed by atoms with Crippen LogP contribution in [0.4, 0.5) is 20.6 Å². The zero-order chi connectivity index (χ0) is 21.5. The van der Waals surface area contributed by atoms with Gasteiger partial charge in [0.15, 0.2) is 5.82 Å². The van der Waals surface area contributed by atoms with E-state index in [1.165, 1.54) is 30.2 Å². The van der Waals surface area contributed by atoms with Gasteiger partial charge in [-0.2, -0.15) is 5.10 Å². The van der Waals surface area contributed by atoms with Crippen LogP contribution < -0.4 is 16.1 Å². The van der Waals surface area contributed by atoms with Gasteiger partial charge in [0.1, 0.15) is 6.10 Å². The molecule has 1 saturated heterocycles. The van der Waals surface area contributed by atoms with E-state index in [1.807, 2.05) is 12.1 Å². The Kier molecular flexibility index (Phi) is 6.68. The average molecular weight is 412 g/mol. The minimum absolute atomic E-state index is 0.0805. The van der Waals surface area contributed by atoms with Crippen LogP contribution in [0, 0.1) is 5.82 Å². The van der Waals surface area contributed by atoms with E-state index in [2.05, 4.69) is 20.4 Å². The second-order valence-electron chi connectivity index (χ2n) is 6.60. The Labute approximate surface area is 172 Å². The smallest absolute Gasteiger partial charge is 0.414 e. The molecule has 1 aromatic carbocycles. The summed E-state index contributed by atoms with van der Waals surface area (Å²) in [4.78, 5) is 32.4. The van der Waals surface area contributed by atoms with Crippen molar-refractivity contribution in [2.75, 3.05) is 18.0 Å². The number of benzene rings is 1. The van der Waals surface area contributed by atoms with Crippen molar-refractivity contribution in [3.05, 3.63) is 54.1 Å². The summed E-state index contributed by atoms with van der Waals surface area (Å²) >= 11 is 0. The molecule has 9 nitrogen and oxygen atoms in total. The van der Waals surface area contributed by atoms with Crippen LogP contribution in [0.15, 0.2) is 52.8 Å². The van der Waals surface area contributed by atoms with E-state index < -0.39 is 18.0 Å². The Morgan fingerprint density at radius 1 is 1.40 bits per heavy atom. The molecule has 10 heteroatoms. The number of anilines is 1. The molecule has 2 amide bonds. The molecule has 2 heterocycles. The summed E-state index contributed by atoms with van der Waals surface area (Å²) < 4.78 is 19.7. The molecular weight excluding hydrogens is 391 g/mol. The summed E-state index contributed by atoms with van der Waals surface area (Å²) in [6.45, 7) is 1.78. The average Bonchev–Trinajstić information content (AvgIpc) is 3.11. The molecule has 156 valence electrons. The van der Waals surface area contributed by atoms with Crippen molar-refractivity contribution in [1.29, 1.82) is 0 Å². The van der Waals surface area contributed by atoms with Gasteiger partial charge in [-0.3, -0.25) is 19.7 Å². The van der Waals surface area contributed by atoms with Gasteiger partial charge in [-0.05, 0) is 35.9 Å². The second-order valence-corrected chi connectivity index (χ2v) is 6.60. The van der Waals surface area contributed by atoms with Crippen LogP contribution in [0.3, 0.4) is 0 Å². The molecule has 1 aliphatic heterocycles. The molecule has 1 atom stereocenters. The predicted octanol–water partition coefficient (Wildman–Crippen LogP) is 1.94. The molecule has 1 fully saturated rings. The van der Waals surface area contributed by atoms with Crippen molar-refractivity contribution in [3.8, 4) is 0 Å². The van der Waals surface area contributed by atoms with Gasteiger partial charge in [-0.15, -0.1) is 0 Å². The van der Waals surface area contributed by atoms with E-state index in [4.69, 9.17) is 10.6 Å². The lowest BCUT2D eigenvalue weighted by Crippen LogP contribution is -2.33. The van der Waals surface area contributed by atoms with E-state index in [9.17, 15) is 14.0 Å². The number of carbonyl (C=O) groups excluding carboxylic acids is 2. The molecule has 0 unspecified atom stereocenters. The Hall–Kier alpha value is -3.82. The summed E-state index contributed by atoms with van der Waals surface area (Å²) in [6.07, 6.45) is 4.03. The van der Waals surface area contributed by atoms with Crippen molar-refractivity contribution >= 4 is 35.3 Å². The maximum absolute atomic E-state index is 14.5. The van der Waals surface area contributed by atoms with E-state index in [0.717, 1.165) is 5.56 Å². The number of aromatic nitrogens is 1. The number of carbonyl (C=O) groups is 2. The highest BCUT2D eigenvalue weighted by Gasteiger charge is 2.32. The predicted molar refractivity (Wildman–Crippen MR) is 110 cm³/mol. The molecule has 1 aromatic heterocycles. The molecule has 0 spiro atoms. The van der Waals surface area contributed by atoms with Gasteiger partial charge in [0, 0.05) is 25.7 Å². The molecule has 3 rings (SSSR count). The number of pyridine rings is 1. The van der Waals surface area contributed by atoms with Crippen LogP contribution in [0.25, 0.3) is 0 Å². The SMILES string of the molecule is CC(=O)NC[C@H]1CN(c2ccc(N=C/C(Cc3ccncc3)=N\N)c(F)c2)C(=O)O1. The lowest BCUT2D eigenvalue weighted by Gasteiger charge is -2.13. The molecular formula is C20H21FN6O3. The third kappa shape index (κ3) is 5.37. The number of aliphatic imine (C=N–C) groups is 1. The number of nitrogens with one attached hydrogen (secondary N) is 1. The van der Waals surface area contributed by atoms with E-state index in [1.54, 1.807) is 18.5 Å². The van der Waals surface area contributed by atoms with Crippen molar-refractivity contribution in [1.82, 2.24) is 10.3 Å². The number of halogens is 1. The van der Waals surface area contributed by atoms with Crippen LogP contribution in [-0.4, -0.2) is 48.1 Å². The molecule has 0 radical (unpaired) electrons. The Bertz CT molecular complexity index is 980. The fourth-order valence-electron chi connectivity index (χ4n) is 2.84. The van der Waals surface area contributed by atoms with Crippen LogP contribution in [0.2, 0.25) is 0 Å².